The normalized spacial score (nSPS) is 11.9. The van der Waals surface area contributed by atoms with Crippen LogP contribution >= 0.6 is 11.8 Å². The number of hydrogen-bond donors (Lipinski definition) is 1. The van der Waals surface area contributed by atoms with Crippen LogP contribution in [0, 0.1) is 0 Å². The first kappa shape index (κ1) is 20.3. The van der Waals surface area contributed by atoms with E-state index < -0.39 is 18.0 Å². The molecule has 1 aromatic carbocycles. The van der Waals surface area contributed by atoms with Gasteiger partial charge in [-0.3, -0.25) is 4.79 Å². The lowest BCUT2D eigenvalue weighted by Crippen LogP contribution is -2.26. The molecule has 1 atom stereocenters. The molecule has 1 aromatic rings. The average molecular weight is 352 g/mol. The molecule has 132 valence electrons. The summed E-state index contributed by atoms with van der Waals surface area (Å²) >= 11 is 1.75. The molecule has 5 nitrogen and oxygen atoms in total. The van der Waals surface area contributed by atoms with Gasteiger partial charge in [0, 0.05) is 15.7 Å². The van der Waals surface area contributed by atoms with Gasteiger partial charge in [0.2, 0.25) is 0 Å². The van der Waals surface area contributed by atoms with E-state index in [4.69, 9.17) is 9.47 Å². The topological polar surface area (TPSA) is 72.8 Å². The Bertz CT molecular complexity index is 565. The van der Waals surface area contributed by atoms with E-state index in [1.54, 1.807) is 11.8 Å². The zero-order valence-electron chi connectivity index (χ0n) is 14.3. The van der Waals surface area contributed by atoms with Gasteiger partial charge in [0.05, 0.1) is 6.42 Å². The van der Waals surface area contributed by atoms with Crippen molar-refractivity contribution in [2.45, 2.75) is 43.4 Å². The summed E-state index contributed by atoms with van der Waals surface area (Å²) in [6.07, 6.45) is -0.924. The van der Waals surface area contributed by atoms with Gasteiger partial charge in [0.15, 0.2) is 0 Å². The standard InChI is InChI=1S/C18H24O5S/c1-12(2)18(21)23-11-15(19)10-22-17(20)9-14-5-7-16(8-6-14)24-13(3)4/h5-8,13,15,19H,1,9-11H2,2-4H3. The second-order valence-electron chi connectivity index (χ2n) is 5.70. The lowest BCUT2D eigenvalue weighted by atomic mass is 10.1. The van der Waals surface area contributed by atoms with E-state index in [2.05, 4.69) is 20.4 Å². The summed E-state index contributed by atoms with van der Waals surface area (Å²) in [7, 11) is 0. The fraction of sp³-hybridized carbons (Fsp3) is 0.444. The maximum atomic E-state index is 11.8. The largest absolute Gasteiger partial charge is 0.463 e. The molecule has 6 heteroatoms. The van der Waals surface area contributed by atoms with Gasteiger partial charge in [-0.2, -0.15) is 0 Å². The lowest BCUT2D eigenvalue weighted by Gasteiger charge is -2.12. The molecule has 0 saturated carbocycles. The van der Waals surface area contributed by atoms with E-state index in [0.29, 0.717) is 5.25 Å². The first-order valence-corrected chi connectivity index (χ1v) is 8.57. The summed E-state index contributed by atoms with van der Waals surface area (Å²) in [5.74, 6) is -1.02. The van der Waals surface area contributed by atoms with E-state index in [1.807, 2.05) is 24.3 Å². The third kappa shape index (κ3) is 8.17. The van der Waals surface area contributed by atoms with Crippen molar-refractivity contribution >= 4 is 23.7 Å². The number of carbonyl (C=O) groups is 2. The molecule has 0 radical (unpaired) electrons. The smallest absolute Gasteiger partial charge is 0.333 e. The van der Waals surface area contributed by atoms with E-state index in [-0.39, 0.29) is 25.2 Å². The van der Waals surface area contributed by atoms with E-state index in [9.17, 15) is 14.7 Å². The number of thioether (sulfide) groups is 1. The van der Waals surface area contributed by atoms with Gasteiger partial charge in [-0.1, -0.05) is 32.6 Å². The first-order chi connectivity index (χ1) is 11.3. The third-order valence-corrected chi connectivity index (χ3v) is 3.85. The minimum atomic E-state index is -1.05. The number of rotatable bonds is 9. The molecule has 0 aliphatic rings. The van der Waals surface area contributed by atoms with Crippen molar-refractivity contribution in [2.75, 3.05) is 13.2 Å². The van der Waals surface area contributed by atoms with Crippen LogP contribution in [0.5, 0.6) is 0 Å². The van der Waals surface area contributed by atoms with Crippen LogP contribution < -0.4 is 0 Å². The molecule has 0 aliphatic carbocycles. The molecule has 0 amide bonds. The molecule has 0 heterocycles. The SMILES string of the molecule is C=C(C)C(=O)OCC(O)COC(=O)Cc1ccc(SC(C)C)cc1. The number of hydrogen-bond acceptors (Lipinski definition) is 6. The van der Waals surface area contributed by atoms with Crippen LogP contribution in [0.1, 0.15) is 26.3 Å². The number of aliphatic hydroxyl groups is 1. The maximum absolute atomic E-state index is 11.8. The Morgan fingerprint density at radius 2 is 1.75 bits per heavy atom. The lowest BCUT2D eigenvalue weighted by molar-refractivity contribution is -0.149. The van der Waals surface area contributed by atoms with Crippen LogP contribution in [0.15, 0.2) is 41.3 Å². The predicted octanol–water partition coefficient (Wildman–Crippen LogP) is 2.75. The van der Waals surface area contributed by atoms with Crippen LogP contribution in [0.3, 0.4) is 0 Å². The van der Waals surface area contributed by atoms with Crippen molar-refractivity contribution in [3.63, 3.8) is 0 Å². The highest BCUT2D eigenvalue weighted by molar-refractivity contribution is 7.99. The number of aliphatic hydroxyl groups excluding tert-OH is 1. The number of esters is 2. The summed E-state index contributed by atoms with van der Waals surface area (Å²) in [6.45, 7) is 8.73. The van der Waals surface area contributed by atoms with Crippen LogP contribution in [0.4, 0.5) is 0 Å². The minimum Gasteiger partial charge on any atom is -0.463 e. The van der Waals surface area contributed by atoms with Crippen LogP contribution in [-0.4, -0.2) is 41.6 Å². The third-order valence-electron chi connectivity index (χ3n) is 2.84. The molecular weight excluding hydrogens is 328 g/mol. The van der Waals surface area contributed by atoms with Gasteiger partial charge >= 0.3 is 11.9 Å². The number of ether oxygens (including phenoxy) is 2. The van der Waals surface area contributed by atoms with E-state index in [0.717, 1.165) is 10.5 Å². The zero-order chi connectivity index (χ0) is 18.1. The molecule has 0 spiro atoms. The van der Waals surface area contributed by atoms with Crippen molar-refractivity contribution in [2.24, 2.45) is 0 Å². The van der Waals surface area contributed by atoms with Gasteiger partial charge in [0.25, 0.3) is 0 Å². The molecule has 0 aliphatic heterocycles. The zero-order valence-corrected chi connectivity index (χ0v) is 15.1. The summed E-state index contributed by atoms with van der Waals surface area (Å²) in [4.78, 5) is 24.1. The Morgan fingerprint density at radius 1 is 1.17 bits per heavy atom. The fourth-order valence-corrected chi connectivity index (χ4v) is 2.55. The van der Waals surface area contributed by atoms with Crippen LogP contribution in [0.2, 0.25) is 0 Å². The Morgan fingerprint density at radius 3 is 2.29 bits per heavy atom. The molecule has 24 heavy (non-hydrogen) atoms. The predicted molar refractivity (Wildman–Crippen MR) is 93.9 cm³/mol. The summed E-state index contributed by atoms with van der Waals surface area (Å²) in [5.41, 5.74) is 1.09. The first-order valence-electron chi connectivity index (χ1n) is 7.70. The van der Waals surface area contributed by atoms with Crippen molar-refractivity contribution in [3.8, 4) is 0 Å². The Labute approximate surface area is 147 Å². The van der Waals surface area contributed by atoms with Crippen molar-refractivity contribution in [1.82, 2.24) is 0 Å². The average Bonchev–Trinajstić information content (AvgIpc) is 2.51. The highest BCUT2D eigenvalue weighted by Gasteiger charge is 2.12. The summed E-state index contributed by atoms with van der Waals surface area (Å²) in [5, 5.41) is 10.1. The van der Waals surface area contributed by atoms with Gasteiger partial charge in [-0.05, 0) is 24.6 Å². The Hall–Kier alpha value is -1.79. The Balaban J connectivity index is 2.33. The molecule has 0 fully saturated rings. The monoisotopic (exact) mass is 352 g/mol. The second kappa shape index (κ2) is 10.2. The van der Waals surface area contributed by atoms with Crippen LogP contribution in [0.25, 0.3) is 0 Å². The van der Waals surface area contributed by atoms with Gasteiger partial charge in [-0.15, -0.1) is 11.8 Å². The Kier molecular flexibility index (Phi) is 8.57. The molecule has 1 unspecified atom stereocenters. The minimum absolute atomic E-state index is 0.130. The van der Waals surface area contributed by atoms with Crippen molar-refractivity contribution < 1.29 is 24.2 Å². The summed E-state index contributed by atoms with van der Waals surface area (Å²) in [6, 6.07) is 7.71. The van der Waals surface area contributed by atoms with Gasteiger partial charge in [-0.25, -0.2) is 4.79 Å². The molecule has 0 aromatic heterocycles. The van der Waals surface area contributed by atoms with Gasteiger partial charge < -0.3 is 14.6 Å². The molecule has 1 rings (SSSR count). The molecule has 1 N–H and O–H groups in total. The molecular formula is C18H24O5S. The fourth-order valence-electron chi connectivity index (χ4n) is 1.71. The molecule has 0 bridgehead atoms. The molecule has 0 saturated heterocycles. The van der Waals surface area contributed by atoms with Crippen LogP contribution in [-0.2, 0) is 25.5 Å². The summed E-state index contributed by atoms with van der Waals surface area (Å²) < 4.78 is 9.77. The number of benzene rings is 1. The van der Waals surface area contributed by atoms with E-state index in [1.165, 1.54) is 6.92 Å². The van der Waals surface area contributed by atoms with E-state index >= 15 is 0 Å². The number of carbonyl (C=O) groups excluding carboxylic acids is 2. The maximum Gasteiger partial charge on any atom is 0.333 e. The van der Waals surface area contributed by atoms with Crippen molar-refractivity contribution in [1.29, 1.82) is 0 Å². The second-order valence-corrected chi connectivity index (χ2v) is 7.35. The quantitative estimate of drug-likeness (QED) is 0.418. The highest BCUT2D eigenvalue weighted by atomic mass is 32.2. The van der Waals surface area contributed by atoms with Crippen molar-refractivity contribution in [3.05, 3.63) is 42.0 Å². The van der Waals surface area contributed by atoms with Gasteiger partial charge in [0.1, 0.15) is 19.3 Å². The highest BCUT2D eigenvalue weighted by Crippen LogP contribution is 2.23.